The van der Waals surface area contributed by atoms with E-state index in [1.165, 1.54) is 0 Å². The van der Waals surface area contributed by atoms with Crippen molar-refractivity contribution in [2.24, 2.45) is 0 Å². The van der Waals surface area contributed by atoms with Gasteiger partial charge in [-0.2, -0.15) is 10.2 Å². The van der Waals surface area contributed by atoms with Crippen LogP contribution in [0.1, 0.15) is 31.4 Å². The number of ether oxygens (including phenoxy) is 1. The van der Waals surface area contributed by atoms with E-state index >= 15 is 0 Å². The van der Waals surface area contributed by atoms with Gasteiger partial charge in [-0.3, -0.25) is 0 Å². The number of piperidine rings is 1. The molecular weight excluding hydrogens is 370 g/mol. The summed E-state index contributed by atoms with van der Waals surface area (Å²) >= 11 is 6.00. The van der Waals surface area contributed by atoms with Gasteiger partial charge < -0.3 is 19.4 Å². The summed E-state index contributed by atoms with van der Waals surface area (Å²) in [7, 11) is 0. The number of anilines is 1. The van der Waals surface area contributed by atoms with Crippen LogP contribution in [0, 0.1) is 11.3 Å². The molecule has 4 rings (SSSR count). The van der Waals surface area contributed by atoms with Crippen LogP contribution in [0.4, 0.5) is 10.7 Å². The Labute approximate surface area is 162 Å². The van der Waals surface area contributed by atoms with Crippen molar-refractivity contribution in [3.8, 4) is 6.07 Å². The van der Waals surface area contributed by atoms with E-state index in [4.69, 9.17) is 21.6 Å². The molecule has 0 N–H and O–H groups in total. The van der Waals surface area contributed by atoms with E-state index in [0.717, 1.165) is 58.5 Å². The summed E-state index contributed by atoms with van der Waals surface area (Å²) in [4.78, 5) is 23.2. The Morgan fingerprint density at radius 1 is 1.07 bits per heavy atom. The van der Waals surface area contributed by atoms with Crippen LogP contribution in [0.5, 0.6) is 0 Å². The van der Waals surface area contributed by atoms with Crippen LogP contribution in [0.25, 0.3) is 0 Å². The predicted octanol–water partition coefficient (Wildman–Crippen LogP) is 1.28. The Morgan fingerprint density at radius 2 is 1.81 bits per heavy atom. The first kappa shape index (κ1) is 18.2. The molecule has 0 radical (unpaired) electrons. The van der Waals surface area contributed by atoms with Crippen molar-refractivity contribution in [3.05, 3.63) is 10.8 Å². The molecule has 4 heterocycles. The zero-order chi connectivity index (χ0) is 18.8. The number of carbonyl (C=O) groups is 1. The monoisotopic (exact) mass is 391 g/mol. The Hall–Kier alpha value is -2.18. The number of hydrogen-bond acceptors (Lipinski definition) is 7. The van der Waals surface area contributed by atoms with E-state index in [9.17, 15) is 4.79 Å². The number of hydrogen-bond donors (Lipinski definition) is 0. The van der Waals surface area contributed by atoms with Gasteiger partial charge in [-0.05, 0) is 25.7 Å². The number of rotatable bonds is 3. The van der Waals surface area contributed by atoms with Gasteiger partial charge in [0.15, 0.2) is 10.8 Å². The molecular formula is C17H22ClN7O2. The summed E-state index contributed by atoms with van der Waals surface area (Å²) < 4.78 is 5.42. The maximum atomic E-state index is 13.0. The second-order valence-electron chi connectivity index (χ2n) is 7.12. The Balaban J connectivity index is 1.43. The second kappa shape index (κ2) is 7.82. The Morgan fingerprint density at radius 3 is 2.52 bits per heavy atom. The number of amides is 2. The van der Waals surface area contributed by atoms with Gasteiger partial charge in [0.25, 0.3) is 0 Å². The molecule has 3 aliphatic rings. The van der Waals surface area contributed by atoms with Crippen molar-refractivity contribution in [2.45, 2.75) is 37.8 Å². The third-order valence-corrected chi connectivity index (χ3v) is 5.83. The third-order valence-electron chi connectivity index (χ3n) is 5.56. The average Bonchev–Trinajstić information content (AvgIpc) is 3.10. The molecule has 10 heteroatoms. The van der Waals surface area contributed by atoms with Crippen molar-refractivity contribution in [3.63, 3.8) is 0 Å². The van der Waals surface area contributed by atoms with E-state index in [2.05, 4.69) is 15.2 Å². The first-order valence-corrected chi connectivity index (χ1v) is 9.75. The van der Waals surface area contributed by atoms with Gasteiger partial charge in [0.05, 0.1) is 6.04 Å². The fourth-order valence-corrected chi connectivity index (χ4v) is 4.29. The summed E-state index contributed by atoms with van der Waals surface area (Å²) in [5.74, 6) is 0.414. The summed E-state index contributed by atoms with van der Waals surface area (Å²) in [5, 5.41) is 16.8. The molecule has 144 valence electrons. The van der Waals surface area contributed by atoms with Crippen molar-refractivity contribution < 1.29 is 9.53 Å². The van der Waals surface area contributed by atoms with Gasteiger partial charge >= 0.3 is 6.03 Å². The number of nitriles is 1. The van der Waals surface area contributed by atoms with Crippen LogP contribution in [0.3, 0.4) is 0 Å². The Kier molecular flexibility index (Phi) is 5.27. The van der Waals surface area contributed by atoms with Gasteiger partial charge in [-0.15, -0.1) is 10.2 Å². The smallest absolute Gasteiger partial charge is 0.320 e. The first-order chi connectivity index (χ1) is 13.2. The highest BCUT2D eigenvalue weighted by atomic mass is 35.5. The fraction of sp³-hybridized carbons (Fsp3) is 0.706. The lowest BCUT2D eigenvalue weighted by Gasteiger charge is -2.38. The molecule has 3 aliphatic heterocycles. The van der Waals surface area contributed by atoms with Gasteiger partial charge in [0, 0.05) is 45.4 Å². The maximum Gasteiger partial charge on any atom is 0.320 e. The molecule has 0 aliphatic carbocycles. The summed E-state index contributed by atoms with van der Waals surface area (Å²) in [6, 6.07) is 2.41. The molecule has 27 heavy (non-hydrogen) atoms. The molecule has 1 unspecified atom stereocenters. The van der Waals surface area contributed by atoms with E-state index in [0.29, 0.717) is 18.5 Å². The highest BCUT2D eigenvalue weighted by molar-refractivity contribution is 6.30. The minimum atomic E-state index is 0.0239. The average molecular weight is 392 g/mol. The maximum absolute atomic E-state index is 13.0. The predicted molar refractivity (Wildman–Crippen MR) is 97.4 cm³/mol. The van der Waals surface area contributed by atoms with Gasteiger partial charge in [0.1, 0.15) is 6.07 Å². The number of carbonyl (C=O) groups excluding carboxylic acids is 1. The van der Waals surface area contributed by atoms with E-state index in [-0.39, 0.29) is 22.9 Å². The third kappa shape index (κ3) is 3.64. The normalized spacial score (nSPS) is 24.4. The lowest BCUT2D eigenvalue weighted by Crippen LogP contribution is -2.51. The van der Waals surface area contributed by atoms with Gasteiger partial charge in [-0.25, -0.2) is 4.79 Å². The van der Waals surface area contributed by atoms with Crippen molar-refractivity contribution in [2.75, 3.05) is 44.3 Å². The molecule has 1 aromatic heterocycles. The molecule has 0 bridgehead atoms. The lowest BCUT2D eigenvalue weighted by molar-refractivity contribution is 0.0500. The standard InChI is InChI=1S/C17H22ClN7O2/c18-15-14(10-19)21-22-16(20-15)23-5-1-2-13(11-23)25-7-6-24(17(25)26)12-3-8-27-9-4-12/h12-13H,1-9,11H2. The Bertz CT molecular complexity index is 749. The molecule has 9 nitrogen and oxygen atoms in total. The molecule has 1 atom stereocenters. The number of halogens is 1. The van der Waals surface area contributed by atoms with Crippen LogP contribution >= 0.6 is 11.6 Å². The zero-order valence-electron chi connectivity index (χ0n) is 15.1. The van der Waals surface area contributed by atoms with E-state index < -0.39 is 0 Å². The largest absolute Gasteiger partial charge is 0.381 e. The molecule has 0 saturated carbocycles. The highest BCUT2D eigenvalue weighted by Crippen LogP contribution is 2.26. The van der Waals surface area contributed by atoms with Gasteiger partial charge in [-0.1, -0.05) is 11.6 Å². The first-order valence-electron chi connectivity index (χ1n) is 9.37. The highest BCUT2D eigenvalue weighted by Gasteiger charge is 2.39. The van der Waals surface area contributed by atoms with Crippen molar-refractivity contribution >= 4 is 23.6 Å². The molecule has 1 aromatic rings. The summed E-state index contributed by atoms with van der Waals surface area (Å²) in [5.41, 5.74) is 0.0239. The number of aromatic nitrogens is 3. The minimum Gasteiger partial charge on any atom is -0.381 e. The van der Waals surface area contributed by atoms with Crippen LogP contribution in [0.15, 0.2) is 0 Å². The minimum absolute atomic E-state index is 0.0239. The zero-order valence-corrected chi connectivity index (χ0v) is 15.8. The molecule has 2 amide bonds. The van der Waals surface area contributed by atoms with Gasteiger partial charge in [0.2, 0.25) is 5.95 Å². The number of urea groups is 1. The molecule has 0 spiro atoms. The second-order valence-corrected chi connectivity index (χ2v) is 7.48. The lowest BCUT2D eigenvalue weighted by atomic mass is 10.0. The molecule has 3 saturated heterocycles. The summed E-state index contributed by atoms with van der Waals surface area (Å²) in [6.07, 6.45) is 3.73. The van der Waals surface area contributed by atoms with Crippen LogP contribution in [-0.4, -0.2) is 82.5 Å². The fourth-order valence-electron chi connectivity index (χ4n) is 4.14. The van der Waals surface area contributed by atoms with Crippen LogP contribution < -0.4 is 4.90 Å². The summed E-state index contributed by atoms with van der Waals surface area (Å²) in [6.45, 7) is 4.43. The molecule has 3 fully saturated rings. The number of nitrogens with zero attached hydrogens (tertiary/aromatic N) is 7. The van der Waals surface area contributed by atoms with E-state index in [1.54, 1.807) is 0 Å². The molecule has 0 aromatic carbocycles. The SMILES string of the molecule is N#Cc1nnc(N2CCCC(N3CCN(C4CCOCC4)C3=O)C2)nc1Cl. The quantitative estimate of drug-likeness (QED) is 0.765. The van der Waals surface area contributed by atoms with Crippen molar-refractivity contribution in [1.82, 2.24) is 25.0 Å². The van der Waals surface area contributed by atoms with Crippen molar-refractivity contribution in [1.29, 1.82) is 5.26 Å². The van der Waals surface area contributed by atoms with E-state index in [1.807, 2.05) is 20.8 Å². The van der Waals surface area contributed by atoms with Crippen LogP contribution in [-0.2, 0) is 4.74 Å². The van der Waals surface area contributed by atoms with Crippen LogP contribution in [0.2, 0.25) is 5.15 Å². The topological polar surface area (TPSA) is 98.5 Å².